The number of aryl methyl sites for hydroxylation is 2. The Morgan fingerprint density at radius 3 is 2.44 bits per heavy atom. The zero-order valence-corrected chi connectivity index (χ0v) is 19.2. The van der Waals surface area contributed by atoms with Crippen molar-refractivity contribution in [3.63, 3.8) is 0 Å². The second-order valence-corrected chi connectivity index (χ2v) is 9.15. The van der Waals surface area contributed by atoms with Gasteiger partial charge >= 0.3 is 0 Å². The van der Waals surface area contributed by atoms with Crippen molar-refractivity contribution in [1.82, 2.24) is 10.3 Å². The number of nitrogens with zero attached hydrogens (tertiary/aromatic N) is 1. The molecule has 168 valence electrons. The number of sulfonamides is 1. The van der Waals surface area contributed by atoms with Crippen LogP contribution in [0.3, 0.4) is 0 Å². The highest BCUT2D eigenvalue weighted by atomic mass is 32.2. The van der Waals surface area contributed by atoms with Crippen molar-refractivity contribution in [2.75, 3.05) is 11.3 Å². The van der Waals surface area contributed by atoms with E-state index >= 15 is 0 Å². The Hall–Kier alpha value is -3.39. The Labute approximate surface area is 188 Å². The summed E-state index contributed by atoms with van der Waals surface area (Å²) >= 11 is 0. The van der Waals surface area contributed by atoms with Gasteiger partial charge in [0.15, 0.2) is 0 Å². The monoisotopic (exact) mass is 453 g/mol. The lowest BCUT2D eigenvalue weighted by Crippen LogP contribution is -2.24. The number of carbonyl (C=O) groups excluding carboxylic acids is 1. The van der Waals surface area contributed by atoms with E-state index in [4.69, 9.17) is 4.74 Å². The standard InChI is InChI=1S/C24H27N3O4S/c1-4-5-14-25-24(28)19-8-11-21(12-9-19)31-23-13-10-20(16-26-23)27-32(29,30)22-15-17(2)6-7-18(22)3/h6-13,15-16,27H,4-5,14H2,1-3H3,(H,25,28). The molecule has 3 rings (SSSR count). The maximum atomic E-state index is 12.7. The Balaban J connectivity index is 1.63. The Kier molecular flexibility index (Phi) is 7.48. The highest BCUT2D eigenvalue weighted by molar-refractivity contribution is 7.92. The molecule has 2 aromatic carbocycles. The lowest BCUT2D eigenvalue weighted by Gasteiger charge is -2.11. The molecule has 32 heavy (non-hydrogen) atoms. The summed E-state index contributed by atoms with van der Waals surface area (Å²) in [6, 6.07) is 15.2. The molecule has 0 aliphatic rings. The number of amides is 1. The average Bonchev–Trinajstić information content (AvgIpc) is 2.77. The zero-order valence-electron chi connectivity index (χ0n) is 18.4. The van der Waals surface area contributed by atoms with Gasteiger partial charge in [-0.3, -0.25) is 9.52 Å². The number of carbonyl (C=O) groups is 1. The predicted molar refractivity (Wildman–Crippen MR) is 125 cm³/mol. The number of hydrogen-bond donors (Lipinski definition) is 2. The van der Waals surface area contributed by atoms with Crippen LogP contribution in [-0.4, -0.2) is 25.9 Å². The highest BCUT2D eigenvalue weighted by Gasteiger charge is 2.17. The number of pyridine rings is 1. The molecule has 1 heterocycles. The van der Waals surface area contributed by atoms with Crippen molar-refractivity contribution in [3.8, 4) is 11.6 Å². The first-order chi connectivity index (χ1) is 15.3. The number of nitrogens with one attached hydrogen (secondary N) is 2. The highest BCUT2D eigenvalue weighted by Crippen LogP contribution is 2.23. The molecule has 0 saturated carbocycles. The number of aromatic nitrogens is 1. The van der Waals surface area contributed by atoms with Crippen LogP contribution >= 0.6 is 0 Å². The molecule has 7 nitrogen and oxygen atoms in total. The van der Waals surface area contributed by atoms with Crippen molar-refractivity contribution in [3.05, 3.63) is 77.5 Å². The van der Waals surface area contributed by atoms with Crippen molar-refractivity contribution in [1.29, 1.82) is 0 Å². The summed E-state index contributed by atoms with van der Waals surface area (Å²) in [7, 11) is -3.73. The zero-order chi connectivity index (χ0) is 23.1. The Morgan fingerprint density at radius 2 is 1.78 bits per heavy atom. The van der Waals surface area contributed by atoms with E-state index in [1.807, 2.05) is 13.0 Å². The second-order valence-electron chi connectivity index (χ2n) is 7.50. The molecular formula is C24H27N3O4S. The summed E-state index contributed by atoms with van der Waals surface area (Å²) in [5.74, 6) is 0.703. The van der Waals surface area contributed by atoms with Gasteiger partial charge in [0.25, 0.3) is 15.9 Å². The average molecular weight is 454 g/mol. The third kappa shape index (κ3) is 6.07. The smallest absolute Gasteiger partial charge is 0.262 e. The predicted octanol–water partition coefficient (Wildman–Crippen LogP) is 4.82. The molecule has 0 bridgehead atoms. The summed E-state index contributed by atoms with van der Waals surface area (Å²) < 4.78 is 33.7. The van der Waals surface area contributed by atoms with Crippen LogP contribution in [0, 0.1) is 13.8 Å². The van der Waals surface area contributed by atoms with Gasteiger partial charge in [0.2, 0.25) is 5.88 Å². The number of unbranched alkanes of at least 4 members (excludes halogenated alkanes) is 1. The normalized spacial score (nSPS) is 11.1. The van der Waals surface area contributed by atoms with Crippen LogP contribution in [0.2, 0.25) is 0 Å². The van der Waals surface area contributed by atoms with Gasteiger partial charge in [0, 0.05) is 18.2 Å². The molecule has 0 aliphatic carbocycles. The fraction of sp³-hybridized carbons (Fsp3) is 0.250. The van der Waals surface area contributed by atoms with E-state index in [2.05, 4.69) is 21.9 Å². The van der Waals surface area contributed by atoms with E-state index in [-0.39, 0.29) is 10.8 Å². The molecule has 0 saturated heterocycles. The molecular weight excluding hydrogens is 426 g/mol. The third-order valence-electron chi connectivity index (χ3n) is 4.78. The quantitative estimate of drug-likeness (QED) is 0.453. The summed E-state index contributed by atoms with van der Waals surface area (Å²) in [6.45, 7) is 6.32. The lowest BCUT2D eigenvalue weighted by molar-refractivity contribution is 0.0953. The maximum absolute atomic E-state index is 12.7. The minimum atomic E-state index is -3.73. The molecule has 0 atom stereocenters. The third-order valence-corrected chi connectivity index (χ3v) is 6.30. The lowest BCUT2D eigenvalue weighted by atomic mass is 10.2. The molecule has 1 amide bonds. The largest absolute Gasteiger partial charge is 0.439 e. The van der Waals surface area contributed by atoms with Crippen LogP contribution in [0.15, 0.2) is 65.7 Å². The summed E-state index contributed by atoms with van der Waals surface area (Å²) in [4.78, 5) is 16.5. The summed E-state index contributed by atoms with van der Waals surface area (Å²) in [6.07, 6.45) is 3.36. The molecule has 0 aliphatic heterocycles. The molecule has 0 radical (unpaired) electrons. The second kappa shape index (κ2) is 10.3. The molecule has 2 N–H and O–H groups in total. The number of ether oxygens (including phenoxy) is 1. The van der Waals surface area contributed by atoms with E-state index in [1.165, 1.54) is 6.20 Å². The van der Waals surface area contributed by atoms with Crippen LogP contribution in [0.1, 0.15) is 41.3 Å². The maximum Gasteiger partial charge on any atom is 0.262 e. The number of hydrogen-bond acceptors (Lipinski definition) is 5. The molecule has 0 unspecified atom stereocenters. The van der Waals surface area contributed by atoms with Gasteiger partial charge in [-0.05, 0) is 67.8 Å². The van der Waals surface area contributed by atoms with Gasteiger partial charge in [0.05, 0.1) is 16.8 Å². The van der Waals surface area contributed by atoms with E-state index in [0.717, 1.165) is 18.4 Å². The van der Waals surface area contributed by atoms with Gasteiger partial charge in [-0.1, -0.05) is 25.5 Å². The van der Waals surface area contributed by atoms with Gasteiger partial charge in [-0.25, -0.2) is 13.4 Å². The van der Waals surface area contributed by atoms with Gasteiger partial charge < -0.3 is 10.1 Å². The Morgan fingerprint density at radius 1 is 1.03 bits per heavy atom. The first-order valence-corrected chi connectivity index (χ1v) is 11.9. The van der Waals surface area contributed by atoms with E-state index in [0.29, 0.717) is 35.0 Å². The van der Waals surface area contributed by atoms with Crippen LogP contribution < -0.4 is 14.8 Å². The first-order valence-electron chi connectivity index (χ1n) is 10.4. The molecule has 0 spiro atoms. The van der Waals surface area contributed by atoms with Crippen molar-refractivity contribution in [2.45, 2.75) is 38.5 Å². The van der Waals surface area contributed by atoms with Crippen LogP contribution in [0.4, 0.5) is 5.69 Å². The van der Waals surface area contributed by atoms with Gasteiger partial charge in [-0.15, -0.1) is 0 Å². The number of rotatable bonds is 9. The van der Waals surface area contributed by atoms with Gasteiger partial charge in [-0.2, -0.15) is 0 Å². The SMILES string of the molecule is CCCCNC(=O)c1ccc(Oc2ccc(NS(=O)(=O)c3cc(C)ccc3C)cn2)cc1. The minimum Gasteiger partial charge on any atom is -0.439 e. The number of anilines is 1. The van der Waals surface area contributed by atoms with Crippen molar-refractivity contribution in [2.24, 2.45) is 0 Å². The molecule has 3 aromatic rings. The number of benzene rings is 2. The van der Waals surface area contributed by atoms with Crippen LogP contribution in [0.5, 0.6) is 11.6 Å². The van der Waals surface area contributed by atoms with Crippen molar-refractivity contribution >= 4 is 21.6 Å². The fourth-order valence-corrected chi connectivity index (χ4v) is 4.36. The molecule has 0 fully saturated rings. The molecule has 1 aromatic heterocycles. The van der Waals surface area contributed by atoms with E-state index in [9.17, 15) is 13.2 Å². The fourth-order valence-electron chi connectivity index (χ4n) is 2.98. The Bertz CT molecular complexity index is 1170. The topological polar surface area (TPSA) is 97.4 Å². The van der Waals surface area contributed by atoms with Gasteiger partial charge in [0.1, 0.15) is 5.75 Å². The summed E-state index contributed by atoms with van der Waals surface area (Å²) in [5, 5.41) is 2.86. The van der Waals surface area contributed by atoms with E-state index < -0.39 is 10.0 Å². The van der Waals surface area contributed by atoms with Crippen molar-refractivity contribution < 1.29 is 17.9 Å². The minimum absolute atomic E-state index is 0.122. The van der Waals surface area contributed by atoms with Crippen LogP contribution in [0.25, 0.3) is 0 Å². The van der Waals surface area contributed by atoms with E-state index in [1.54, 1.807) is 55.5 Å². The first kappa shape index (κ1) is 23.3. The van der Waals surface area contributed by atoms with Crippen LogP contribution in [-0.2, 0) is 10.0 Å². The summed E-state index contributed by atoms with van der Waals surface area (Å²) in [5.41, 5.74) is 2.41. The molecule has 8 heteroatoms.